The van der Waals surface area contributed by atoms with Gasteiger partial charge in [0.1, 0.15) is 11.3 Å². The van der Waals surface area contributed by atoms with Crippen molar-refractivity contribution < 1.29 is 4.42 Å². The average Bonchev–Trinajstić information content (AvgIpc) is 3.62. The van der Waals surface area contributed by atoms with Crippen LogP contribution in [0.15, 0.2) is 217 Å². The van der Waals surface area contributed by atoms with E-state index in [1.807, 2.05) is 6.07 Å². The van der Waals surface area contributed by atoms with Gasteiger partial charge in [0.05, 0.1) is 5.69 Å². The van der Waals surface area contributed by atoms with Crippen molar-refractivity contribution in [3.05, 3.63) is 212 Å². The Kier molecular flexibility index (Phi) is 8.24. The Hall–Kier alpha value is -6.90. The predicted octanol–water partition coefficient (Wildman–Crippen LogP) is 14.2. The van der Waals surface area contributed by atoms with E-state index < -0.39 is 0 Å². The lowest BCUT2D eigenvalue weighted by Crippen LogP contribution is -2.11. The molecular weight excluding hydrogens is 631 g/mol. The molecule has 0 radical (unpaired) electrons. The highest BCUT2D eigenvalue weighted by Crippen LogP contribution is 2.45. The summed E-state index contributed by atoms with van der Waals surface area (Å²) in [7, 11) is 0. The van der Waals surface area contributed by atoms with Gasteiger partial charge in [-0.15, -0.1) is 0 Å². The minimum absolute atomic E-state index is 0.879. The van der Waals surface area contributed by atoms with Gasteiger partial charge in [-0.1, -0.05) is 176 Å². The number of para-hydroxylation sites is 2. The van der Waals surface area contributed by atoms with Crippen LogP contribution < -0.4 is 4.90 Å². The SMILES string of the molecule is c1ccc(-c2ccc(N(c3ccc(-c4ccccc4-c4oc5ccccc5c4-c4ccccc4)cc3)c3ccccc3-c3ccccc3)cc2)cc1. The van der Waals surface area contributed by atoms with Gasteiger partial charge in [0.2, 0.25) is 0 Å². The van der Waals surface area contributed by atoms with E-state index in [1.165, 1.54) is 22.3 Å². The molecule has 0 amide bonds. The molecule has 0 atom stereocenters. The number of hydrogen-bond donors (Lipinski definition) is 0. The minimum atomic E-state index is 0.879. The fraction of sp³-hybridized carbons (Fsp3) is 0. The maximum absolute atomic E-state index is 6.67. The van der Waals surface area contributed by atoms with E-state index in [2.05, 4.69) is 211 Å². The first-order valence-electron chi connectivity index (χ1n) is 17.7. The molecule has 0 aliphatic heterocycles. The highest BCUT2D eigenvalue weighted by atomic mass is 16.3. The van der Waals surface area contributed by atoms with Gasteiger partial charge in [0, 0.05) is 33.5 Å². The van der Waals surface area contributed by atoms with E-state index >= 15 is 0 Å². The van der Waals surface area contributed by atoms with Crippen LogP contribution in [-0.2, 0) is 0 Å². The van der Waals surface area contributed by atoms with Gasteiger partial charge in [-0.3, -0.25) is 0 Å². The second kappa shape index (κ2) is 13.8. The lowest BCUT2D eigenvalue weighted by Gasteiger charge is -2.28. The van der Waals surface area contributed by atoms with Gasteiger partial charge in [-0.05, 0) is 69.8 Å². The maximum Gasteiger partial charge on any atom is 0.143 e. The fourth-order valence-corrected chi connectivity index (χ4v) is 7.24. The van der Waals surface area contributed by atoms with Crippen molar-refractivity contribution >= 4 is 28.0 Å². The number of hydrogen-bond acceptors (Lipinski definition) is 2. The van der Waals surface area contributed by atoms with Crippen molar-refractivity contribution in [2.75, 3.05) is 4.90 Å². The standard InChI is InChI=1S/C50H35NO/c1-4-16-36(17-5-1)37-28-32-41(33-29-37)51(47-26-14-12-23-44(47)38-18-6-2-7-19-38)42-34-30-39(31-35-42)43-22-10-11-24-45(43)50-49(40-20-8-3-9-21-40)46-25-13-15-27-48(46)52-50/h1-35H. The summed E-state index contributed by atoms with van der Waals surface area (Å²) < 4.78 is 6.67. The van der Waals surface area contributed by atoms with Crippen LogP contribution in [0.4, 0.5) is 17.1 Å². The third-order valence-electron chi connectivity index (χ3n) is 9.73. The monoisotopic (exact) mass is 665 g/mol. The summed E-state index contributed by atoms with van der Waals surface area (Å²) in [4.78, 5) is 2.36. The average molecular weight is 666 g/mol. The molecule has 9 rings (SSSR count). The molecule has 246 valence electrons. The van der Waals surface area contributed by atoms with E-state index in [1.54, 1.807) is 0 Å². The normalized spacial score (nSPS) is 11.1. The molecule has 9 aromatic rings. The smallest absolute Gasteiger partial charge is 0.143 e. The molecule has 0 saturated carbocycles. The summed E-state index contributed by atoms with van der Waals surface area (Å²) in [6.07, 6.45) is 0. The molecule has 0 aliphatic carbocycles. The minimum Gasteiger partial charge on any atom is -0.455 e. The summed E-state index contributed by atoms with van der Waals surface area (Å²) in [5, 5.41) is 1.11. The topological polar surface area (TPSA) is 16.4 Å². The van der Waals surface area contributed by atoms with Crippen LogP contribution in [0, 0.1) is 0 Å². The van der Waals surface area contributed by atoms with Crippen LogP contribution in [0.5, 0.6) is 0 Å². The van der Waals surface area contributed by atoms with Crippen molar-refractivity contribution in [1.29, 1.82) is 0 Å². The van der Waals surface area contributed by atoms with Crippen LogP contribution in [-0.4, -0.2) is 0 Å². The summed E-state index contributed by atoms with van der Waals surface area (Å²) in [5.41, 5.74) is 14.4. The summed E-state index contributed by atoms with van der Waals surface area (Å²) in [6.45, 7) is 0. The molecule has 0 spiro atoms. The maximum atomic E-state index is 6.67. The predicted molar refractivity (Wildman–Crippen MR) is 218 cm³/mol. The van der Waals surface area contributed by atoms with Crippen LogP contribution in [0.1, 0.15) is 0 Å². The Bertz CT molecular complexity index is 2590. The van der Waals surface area contributed by atoms with E-state index in [4.69, 9.17) is 4.42 Å². The van der Waals surface area contributed by atoms with Gasteiger partial charge in [0.15, 0.2) is 0 Å². The summed E-state index contributed by atoms with van der Waals surface area (Å²) >= 11 is 0. The molecule has 8 aromatic carbocycles. The molecule has 0 fully saturated rings. The molecule has 2 nitrogen and oxygen atoms in total. The molecule has 1 aromatic heterocycles. The van der Waals surface area contributed by atoms with Crippen molar-refractivity contribution in [1.82, 2.24) is 0 Å². The molecule has 52 heavy (non-hydrogen) atoms. The highest BCUT2D eigenvalue weighted by Gasteiger charge is 2.21. The van der Waals surface area contributed by atoms with Gasteiger partial charge < -0.3 is 9.32 Å². The Labute approximate surface area is 304 Å². The number of benzene rings is 8. The third kappa shape index (κ3) is 5.87. The lowest BCUT2D eigenvalue weighted by atomic mass is 9.93. The van der Waals surface area contributed by atoms with Gasteiger partial charge in [-0.25, -0.2) is 0 Å². The van der Waals surface area contributed by atoms with E-state index in [9.17, 15) is 0 Å². The summed E-state index contributed by atoms with van der Waals surface area (Å²) in [5.74, 6) is 0.879. The van der Waals surface area contributed by atoms with Crippen molar-refractivity contribution in [3.63, 3.8) is 0 Å². The van der Waals surface area contributed by atoms with Crippen LogP contribution in [0.2, 0.25) is 0 Å². The number of anilines is 3. The third-order valence-corrected chi connectivity index (χ3v) is 9.73. The molecular formula is C50H35NO. The molecule has 0 saturated heterocycles. The van der Waals surface area contributed by atoms with Crippen molar-refractivity contribution in [3.8, 4) is 55.8 Å². The highest BCUT2D eigenvalue weighted by molar-refractivity contribution is 6.03. The van der Waals surface area contributed by atoms with Crippen LogP contribution in [0.25, 0.3) is 66.8 Å². The molecule has 1 heterocycles. The molecule has 0 unspecified atom stereocenters. The fourth-order valence-electron chi connectivity index (χ4n) is 7.24. The molecule has 0 N–H and O–H groups in total. The Morgan fingerprint density at radius 2 is 0.750 bits per heavy atom. The molecule has 0 bridgehead atoms. The Morgan fingerprint density at radius 3 is 1.40 bits per heavy atom. The van der Waals surface area contributed by atoms with E-state index in [0.717, 1.165) is 61.6 Å². The quantitative estimate of drug-likeness (QED) is 0.161. The zero-order valence-corrected chi connectivity index (χ0v) is 28.6. The number of furan rings is 1. The molecule has 0 aliphatic rings. The largest absolute Gasteiger partial charge is 0.455 e. The van der Waals surface area contributed by atoms with Crippen molar-refractivity contribution in [2.24, 2.45) is 0 Å². The van der Waals surface area contributed by atoms with Crippen LogP contribution >= 0.6 is 0 Å². The van der Waals surface area contributed by atoms with Crippen molar-refractivity contribution in [2.45, 2.75) is 0 Å². The first-order chi connectivity index (χ1) is 25.8. The zero-order valence-electron chi connectivity index (χ0n) is 28.6. The van der Waals surface area contributed by atoms with E-state index in [0.29, 0.717) is 0 Å². The zero-order chi connectivity index (χ0) is 34.7. The number of rotatable bonds is 8. The van der Waals surface area contributed by atoms with Gasteiger partial charge >= 0.3 is 0 Å². The van der Waals surface area contributed by atoms with E-state index in [-0.39, 0.29) is 0 Å². The first kappa shape index (κ1) is 31.1. The molecule has 2 heteroatoms. The Morgan fingerprint density at radius 1 is 0.308 bits per heavy atom. The second-order valence-electron chi connectivity index (χ2n) is 12.9. The first-order valence-corrected chi connectivity index (χ1v) is 17.7. The Balaban J connectivity index is 1.16. The van der Waals surface area contributed by atoms with Gasteiger partial charge in [0.25, 0.3) is 0 Å². The second-order valence-corrected chi connectivity index (χ2v) is 12.9. The summed E-state index contributed by atoms with van der Waals surface area (Å²) in [6, 6.07) is 75.0. The van der Waals surface area contributed by atoms with Gasteiger partial charge in [-0.2, -0.15) is 0 Å². The number of nitrogens with zero attached hydrogens (tertiary/aromatic N) is 1. The van der Waals surface area contributed by atoms with Crippen LogP contribution in [0.3, 0.4) is 0 Å². The number of fused-ring (bicyclic) bond motifs is 1. The lowest BCUT2D eigenvalue weighted by molar-refractivity contribution is 0.632.